The third-order valence-electron chi connectivity index (χ3n) is 4.52. The highest BCUT2D eigenvalue weighted by Gasteiger charge is 2.35. The molecule has 2 N–H and O–H groups in total. The van der Waals surface area contributed by atoms with Crippen molar-refractivity contribution in [2.75, 3.05) is 26.2 Å². The van der Waals surface area contributed by atoms with Gasteiger partial charge in [0.1, 0.15) is 6.61 Å². The van der Waals surface area contributed by atoms with Gasteiger partial charge in [0, 0.05) is 19.6 Å². The topological polar surface area (TPSA) is 55.6 Å². The highest BCUT2D eigenvalue weighted by atomic mass is 16.5. The number of hydrogen-bond donors (Lipinski definition) is 1. The van der Waals surface area contributed by atoms with E-state index in [9.17, 15) is 4.79 Å². The van der Waals surface area contributed by atoms with Crippen LogP contribution in [-0.2, 0) is 9.53 Å². The summed E-state index contributed by atoms with van der Waals surface area (Å²) in [4.78, 5) is 13.9. The highest BCUT2D eigenvalue weighted by molar-refractivity contribution is 5.77. The van der Waals surface area contributed by atoms with Gasteiger partial charge >= 0.3 is 0 Å². The first kappa shape index (κ1) is 13.8. The molecule has 0 unspecified atom stereocenters. The first-order valence-electron chi connectivity index (χ1n) is 7.27. The largest absolute Gasteiger partial charge is 0.364 e. The summed E-state index contributed by atoms with van der Waals surface area (Å²) in [6, 6.07) is 0. The van der Waals surface area contributed by atoms with E-state index in [1.165, 1.54) is 0 Å². The lowest BCUT2D eigenvalue weighted by Crippen LogP contribution is -2.46. The highest BCUT2D eigenvalue weighted by Crippen LogP contribution is 2.34. The van der Waals surface area contributed by atoms with Crippen molar-refractivity contribution in [3.05, 3.63) is 0 Å². The van der Waals surface area contributed by atoms with Crippen molar-refractivity contribution >= 4 is 5.91 Å². The maximum atomic E-state index is 12.0. The summed E-state index contributed by atoms with van der Waals surface area (Å²) in [6.07, 6.45) is 6.58. The number of ether oxygens (including phenoxy) is 1. The van der Waals surface area contributed by atoms with Gasteiger partial charge in [-0.25, -0.2) is 0 Å². The van der Waals surface area contributed by atoms with E-state index >= 15 is 0 Å². The minimum atomic E-state index is -0.234. The van der Waals surface area contributed by atoms with Gasteiger partial charge in [-0.3, -0.25) is 4.79 Å². The SMILES string of the molecule is CC1CCC(CN)(OCC(=O)N2CCCC2)CC1. The van der Waals surface area contributed by atoms with Crippen LogP contribution in [0.5, 0.6) is 0 Å². The van der Waals surface area contributed by atoms with Crippen LogP contribution < -0.4 is 5.73 Å². The monoisotopic (exact) mass is 254 g/mol. The molecule has 0 radical (unpaired) electrons. The van der Waals surface area contributed by atoms with Gasteiger partial charge in [-0.2, -0.15) is 0 Å². The molecule has 104 valence electrons. The van der Waals surface area contributed by atoms with E-state index in [-0.39, 0.29) is 18.1 Å². The second-order valence-electron chi connectivity index (χ2n) is 5.95. The zero-order chi connectivity index (χ0) is 13.0. The van der Waals surface area contributed by atoms with Crippen molar-refractivity contribution in [2.24, 2.45) is 11.7 Å². The Hall–Kier alpha value is -0.610. The molecule has 1 saturated carbocycles. The molecule has 18 heavy (non-hydrogen) atoms. The van der Waals surface area contributed by atoms with Crippen LogP contribution in [0.2, 0.25) is 0 Å². The molecule has 1 heterocycles. The quantitative estimate of drug-likeness (QED) is 0.828. The Morgan fingerprint density at radius 1 is 1.33 bits per heavy atom. The first-order chi connectivity index (χ1) is 8.65. The Balaban J connectivity index is 1.81. The summed E-state index contributed by atoms with van der Waals surface area (Å²) < 4.78 is 5.93. The predicted molar refractivity (Wildman–Crippen MR) is 71.2 cm³/mol. The van der Waals surface area contributed by atoms with Crippen molar-refractivity contribution < 1.29 is 9.53 Å². The maximum Gasteiger partial charge on any atom is 0.248 e. The maximum absolute atomic E-state index is 12.0. The van der Waals surface area contributed by atoms with Gasteiger partial charge in [0.05, 0.1) is 5.60 Å². The molecule has 4 heteroatoms. The Kier molecular flexibility index (Phi) is 4.62. The smallest absolute Gasteiger partial charge is 0.248 e. The molecule has 0 aromatic rings. The van der Waals surface area contributed by atoms with Crippen molar-refractivity contribution in [1.82, 2.24) is 4.90 Å². The van der Waals surface area contributed by atoms with Gasteiger partial charge in [0.25, 0.3) is 0 Å². The second kappa shape index (κ2) is 6.02. The minimum absolute atomic E-state index is 0.138. The van der Waals surface area contributed by atoms with Crippen LogP contribution in [0.3, 0.4) is 0 Å². The zero-order valence-electron chi connectivity index (χ0n) is 11.5. The lowest BCUT2D eigenvalue weighted by molar-refractivity contribution is -0.145. The van der Waals surface area contributed by atoms with Gasteiger partial charge in [0.2, 0.25) is 5.91 Å². The van der Waals surface area contributed by atoms with Gasteiger partial charge in [-0.05, 0) is 44.4 Å². The average Bonchev–Trinajstić information content (AvgIpc) is 2.92. The summed E-state index contributed by atoms with van der Waals surface area (Å²) in [5.41, 5.74) is 5.64. The molecule has 1 saturated heterocycles. The number of rotatable bonds is 4. The fraction of sp³-hybridized carbons (Fsp3) is 0.929. The third kappa shape index (κ3) is 3.23. The number of hydrogen-bond acceptors (Lipinski definition) is 3. The van der Waals surface area contributed by atoms with E-state index in [2.05, 4.69) is 6.92 Å². The minimum Gasteiger partial charge on any atom is -0.364 e. The van der Waals surface area contributed by atoms with Crippen LogP contribution in [-0.4, -0.2) is 42.6 Å². The molecule has 4 nitrogen and oxygen atoms in total. The molecular weight excluding hydrogens is 228 g/mol. The molecule has 1 aliphatic heterocycles. The predicted octanol–water partition coefficient (Wildman–Crippen LogP) is 1.53. The van der Waals surface area contributed by atoms with Crippen LogP contribution in [0.1, 0.15) is 45.4 Å². The van der Waals surface area contributed by atoms with Crippen LogP contribution in [0.25, 0.3) is 0 Å². The summed E-state index contributed by atoms with van der Waals surface area (Å²) in [5, 5.41) is 0. The number of amides is 1. The van der Waals surface area contributed by atoms with Crippen molar-refractivity contribution in [2.45, 2.75) is 51.0 Å². The lowest BCUT2D eigenvalue weighted by atomic mass is 9.79. The molecule has 2 fully saturated rings. The molecule has 0 aromatic heterocycles. The van der Waals surface area contributed by atoms with E-state index in [4.69, 9.17) is 10.5 Å². The zero-order valence-corrected chi connectivity index (χ0v) is 11.5. The van der Waals surface area contributed by atoms with Crippen LogP contribution in [0, 0.1) is 5.92 Å². The van der Waals surface area contributed by atoms with Gasteiger partial charge in [-0.15, -0.1) is 0 Å². The molecule has 0 aromatic carbocycles. The third-order valence-corrected chi connectivity index (χ3v) is 4.52. The van der Waals surface area contributed by atoms with Gasteiger partial charge in [0.15, 0.2) is 0 Å². The molecule has 0 atom stereocenters. The number of carbonyl (C=O) groups excluding carboxylic acids is 1. The fourth-order valence-corrected chi connectivity index (χ4v) is 2.97. The Morgan fingerprint density at radius 3 is 2.50 bits per heavy atom. The Labute approximate surface area is 110 Å². The van der Waals surface area contributed by atoms with Crippen molar-refractivity contribution in [1.29, 1.82) is 0 Å². The molecule has 0 spiro atoms. The molecule has 0 bridgehead atoms. The molecule has 2 rings (SSSR count). The molecule has 1 amide bonds. The number of nitrogens with zero attached hydrogens (tertiary/aromatic N) is 1. The summed E-state index contributed by atoms with van der Waals surface area (Å²) in [7, 11) is 0. The van der Waals surface area contributed by atoms with E-state index < -0.39 is 0 Å². The van der Waals surface area contributed by atoms with Crippen molar-refractivity contribution in [3.8, 4) is 0 Å². The number of carbonyl (C=O) groups is 1. The van der Waals surface area contributed by atoms with Crippen LogP contribution >= 0.6 is 0 Å². The van der Waals surface area contributed by atoms with E-state index in [1.54, 1.807) is 0 Å². The normalized spacial score (nSPS) is 32.8. The van der Waals surface area contributed by atoms with Gasteiger partial charge < -0.3 is 15.4 Å². The fourth-order valence-electron chi connectivity index (χ4n) is 2.97. The summed E-state index contributed by atoms with van der Waals surface area (Å²) in [6.45, 7) is 4.82. The van der Waals surface area contributed by atoms with Gasteiger partial charge in [-0.1, -0.05) is 6.92 Å². The first-order valence-corrected chi connectivity index (χ1v) is 7.27. The molecule has 2 aliphatic rings. The van der Waals surface area contributed by atoms with E-state index in [0.29, 0.717) is 6.54 Å². The van der Waals surface area contributed by atoms with E-state index in [1.807, 2.05) is 4.90 Å². The average molecular weight is 254 g/mol. The molecule has 1 aliphatic carbocycles. The standard InChI is InChI=1S/C14H26N2O2/c1-12-4-6-14(11-15,7-5-12)18-10-13(17)16-8-2-3-9-16/h12H,2-11,15H2,1H3. The molecular formula is C14H26N2O2. The van der Waals surface area contributed by atoms with E-state index in [0.717, 1.165) is 57.5 Å². The lowest BCUT2D eigenvalue weighted by Gasteiger charge is -2.38. The number of likely N-dealkylation sites (tertiary alicyclic amines) is 1. The Morgan fingerprint density at radius 2 is 1.94 bits per heavy atom. The number of nitrogens with two attached hydrogens (primary N) is 1. The summed E-state index contributed by atoms with van der Waals surface area (Å²) >= 11 is 0. The Bertz CT molecular complexity index is 280. The summed E-state index contributed by atoms with van der Waals surface area (Å²) in [5.74, 6) is 0.904. The van der Waals surface area contributed by atoms with Crippen molar-refractivity contribution in [3.63, 3.8) is 0 Å². The van der Waals surface area contributed by atoms with Crippen LogP contribution in [0.15, 0.2) is 0 Å². The van der Waals surface area contributed by atoms with Crippen LogP contribution in [0.4, 0.5) is 0 Å². The second-order valence-corrected chi connectivity index (χ2v) is 5.95.